The molecule has 0 saturated heterocycles. The van der Waals surface area contributed by atoms with Crippen molar-refractivity contribution >= 4 is 11.3 Å². The number of hydrogen-bond donors (Lipinski definition) is 1. The number of benzene rings is 1. The van der Waals surface area contributed by atoms with Crippen molar-refractivity contribution in [1.82, 2.24) is 10.3 Å². The van der Waals surface area contributed by atoms with Crippen LogP contribution in [0, 0.1) is 0 Å². The molecule has 0 radical (unpaired) electrons. The Morgan fingerprint density at radius 1 is 1.10 bits per heavy atom. The fourth-order valence-electron chi connectivity index (χ4n) is 2.14. The van der Waals surface area contributed by atoms with Crippen LogP contribution in [0.5, 0.6) is 17.2 Å². The molecule has 1 heterocycles. The molecule has 0 aliphatic carbocycles. The summed E-state index contributed by atoms with van der Waals surface area (Å²) in [5.74, 6) is 1.88. The Kier molecular flexibility index (Phi) is 4.81. The monoisotopic (exact) mass is 294 g/mol. The normalized spacial score (nSPS) is 12.0. The fourth-order valence-corrected chi connectivity index (χ4v) is 2.90. The standard InChI is InChI=1S/C14H18N2O3S/c1-15-11(14-16-7-8-20-14)9-5-6-10(17-2)13(19-4)12(9)18-3/h5-8,11,15H,1-4H3. The SMILES string of the molecule is CNC(c1nccs1)c1ccc(OC)c(OC)c1OC. The summed E-state index contributed by atoms with van der Waals surface area (Å²) >= 11 is 1.59. The topological polar surface area (TPSA) is 52.6 Å². The lowest BCUT2D eigenvalue weighted by Crippen LogP contribution is -2.18. The lowest BCUT2D eigenvalue weighted by atomic mass is 10.0. The quantitative estimate of drug-likeness (QED) is 0.887. The van der Waals surface area contributed by atoms with E-state index in [1.807, 2.05) is 24.6 Å². The average Bonchev–Trinajstić information content (AvgIpc) is 3.01. The predicted molar refractivity (Wildman–Crippen MR) is 79.1 cm³/mol. The summed E-state index contributed by atoms with van der Waals surface area (Å²) < 4.78 is 16.2. The summed E-state index contributed by atoms with van der Waals surface area (Å²) in [6.07, 6.45) is 1.79. The van der Waals surface area contributed by atoms with E-state index in [4.69, 9.17) is 14.2 Å². The largest absolute Gasteiger partial charge is 0.493 e. The number of rotatable bonds is 6. The summed E-state index contributed by atoms with van der Waals surface area (Å²) in [7, 11) is 6.72. The van der Waals surface area contributed by atoms with Gasteiger partial charge >= 0.3 is 0 Å². The molecule has 2 aromatic rings. The van der Waals surface area contributed by atoms with E-state index in [1.54, 1.807) is 38.9 Å². The molecule has 0 aliphatic rings. The second kappa shape index (κ2) is 6.58. The number of nitrogens with one attached hydrogen (secondary N) is 1. The third-order valence-corrected chi connectivity index (χ3v) is 3.87. The van der Waals surface area contributed by atoms with Crippen LogP contribution in [0.2, 0.25) is 0 Å². The van der Waals surface area contributed by atoms with Crippen molar-refractivity contribution in [2.45, 2.75) is 6.04 Å². The molecule has 0 spiro atoms. The molecule has 0 aliphatic heterocycles. The first-order valence-corrected chi connectivity index (χ1v) is 7.00. The molecule has 1 unspecified atom stereocenters. The summed E-state index contributed by atoms with van der Waals surface area (Å²) in [4.78, 5) is 4.37. The van der Waals surface area contributed by atoms with Gasteiger partial charge in [-0.25, -0.2) is 4.98 Å². The molecule has 0 fully saturated rings. The first kappa shape index (κ1) is 14.6. The van der Waals surface area contributed by atoms with Crippen LogP contribution in [0.25, 0.3) is 0 Å². The second-order valence-electron chi connectivity index (χ2n) is 4.02. The summed E-state index contributed by atoms with van der Waals surface area (Å²) in [6, 6.07) is 3.78. The Labute approximate surface area is 122 Å². The Bertz CT molecular complexity index is 558. The molecule has 5 nitrogen and oxygen atoms in total. The van der Waals surface area contributed by atoms with E-state index in [-0.39, 0.29) is 6.04 Å². The first-order valence-electron chi connectivity index (χ1n) is 6.12. The van der Waals surface area contributed by atoms with Crippen molar-refractivity contribution in [3.63, 3.8) is 0 Å². The highest BCUT2D eigenvalue weighted by Gasteiger charge is 2.23. The van der Waals surface area contributed by atoms with Gasteiger partial charge in [-0.1, -0.05) is 0 Å². The minimum absolute atomic E-state index is 0.0512. The van der Waals surface area contributed by atoms with Crippen LogP contribution in [-0.4, -0.2) is 33.4 Å². The van der Waals surface area contributed by atoms with Crippen molar-refractivity contribution in [3.8, 4) is 17.2 Å². The highest BCUT2D eigenvalue weighted by molar-refractivity contribution is 7.09. The summed E-state index contributed by atoms with van der Waals surface area (Å²) in [5.41, 5.74) is 0.961. The van der Waals surface area contributed by atoms with Gasteiger partial charge in [-0.05, 0) is 19.2 Å². The van der Waals surface area contributed by atoms with E-state index < -0.39 is 0 Å². The molecule has 108 valence electrons. The van der Waals surface area contributed by atoms with Crippen LogP contribution in [-0.2, 0) is 0 Å². The molecule has 1 atom stereocenters. The van der Waals surface area contributed by atoms with Crippen molar-refractivity contribution in [1.29, 1.82) is 0 Å². The van der Waals surface area contributed by atoms with E-state index >= 15 is 0 Å². The van der Waals surface area contributed by atoms with Crippen LogP contribution in [0.3, 0.4) is 0 Å². The number of hydrogen-bond acceptors (Lipinski definition) is 6. The minimum atomic E-state index is -0.0512. The predicted octanol–water partition coefficient (Wildman–Crippen LogP) is 2.48. The molecule has 2 rings (SSSR count). The lowest BCUT2D eigenvalue weighted by molar-refractivity contribution is 0.320. The van der Waals surface area contributed by atoms with E-state index in [1.165, 1.54) is 0 Å². The average molecular weight is 294 g/mol. The van der Waals surface area contributed by atoms with Crippen LogP contribution in [0.15, 0.2) is 23.7 Å². The van der Waals surface area contributed by atoms with Gasteiger partial charge in [-0.2, -0.15) is 0 Å². The van der Waals surface area contributed by atoms with Crippen molar-refractivity contribution in [2.75, 3.05) is 28.4 Å². The summed E-state index contributed by atoms with van der Waals surface area (Å²) in [6.45, 7) is 0. The maximum Gasteiger partial charge on any atom is 0.203 e. The molecule has 0 saturated carbocycles. The molecule has 6 heteroatoms. The zero-order chi connectivity index (χ0) is 14.5. The van der Waals surface area contributed by atoms with Crippen LogP contribution < -0.4 is 19.5 Å². The molecule has 1 aromatic carbocycles. The molecule has 0 amide bonds. The van der Waals surface area contributed by atoms with Gasteiger partial charge < -0.3 is 19.5 Å². The third kappa shape index (κ3) is 2.57. The summed E-state index contributed by atoms with van der Waals surface area (Å²) in [5, 5.41) is 6.18. The van der Waals surface area contributed by atoms with Crippen molar-refractivity contribution in [3.05, 3.63) is 34.3 Å². The Balaban J connectivity index is 2.55. The number of nitrogens with zero attached hydrogens (tertiary/aromatic N) is 1. The molecule has 1 aromatic heterocycles. The van der Waals surface area contributed by atoms with Gasteiger partial charge in [0.25, 0.3) is 0 Å². The van der Waals surface area contributed by atoms with Gasteiger partial charge in [0.15, 0.2) is 11.5 Å². The van der Waals surface area contributed by atoms with Crippen LogP contribution in [0.4, 0.5) is 0 Å². The highest BCUT2D eigenvalue weighted by Crippen LogP contribution is 2.43. The van der Waals surface area contributed by atoms with E-state index in [0.717, 1.165) is 10.6 Å². The molecule has 20 heavy (non-hydrogen) atoms. The number of thiazole rings is 1. The smallest absolute Gasteiger partial charge is 0.203 e. The zero-order valence-corrected chi connectivity index (χ0v) is 12.8. The van der Waals surface area contributed by atoms with Crippen molar-refractivity contribution in [2.24, 2.45) is 0 Å². The van der Waals surface area contributed by atoms with Gasteiger partial charge in [0.05, 0.1) is 27.4 Å². The molecular weight excluding hydrogens is 276 g/mol. The molecule has 1 N–H and O–H groups in total. The Hall–Kier alpha value is -1.79. The fraction of sp³-hybridized carbons (Fsp3) is 0.357. The highest BCUT2D eigenvalue weighted by atomic mass is 32.1. The van der Waals surface area contributed by atoms with E-state index in [0.29, 0.717) is 17.2 Å². The lowest BCUT2D eigenvalue weighted by Gasteiger charge is -2.20. The number of aromatic nitrogens is 1. The molecular formula is C14H18N2O3S. The van der Waals surface area contributed by atoms with Gasteiger partial charge in [0.2, 0.25) is 5.75 Å². The van der Waals surface area contributed by atoms with Crippen LogP contribution >= 0.6 is 11.3 Å². The van der Waals surface area contributed by atoms with E-state index in [9.17, 15) is 0 Å². The minimum Gasteiger partial charge on any atom is -0.493 e. The maximum absolute atomic E-state index is 5.52. The maximum atomic E-state index is 5.52. The number of ether oxygens (including phenoxy) is 3. The zero-order valence-electron chi connectivity index (χ0n) is 12.0. The number of methoxy groups -OCH3 is 3. The molecule has 0 bridgehead atoms. The third-order valence-electron chi connectivity index (χ3n) is 3.03. The van der Waals surface area contributed by atoms with Gasteiger partial charge in [0.1, 0.15) is 5.01 Å². The Morgan fingerprint density at radius 2 is 1.85 bits per heavy atom. The Morgan fingerprint density at radius 3 is 2.35 bits per heavy atom. The second-order valence-corrected chi connectivity index (χ2v) is 4.94. The van der Waals surface area contributed by atoms with Gasteiger partial charge in [0, 0.05) is 17.1 Å². The van der Waals surface area contributed by atoms with Gasteiger partial charge in [-0.15, -0.1) is 11.3 Å². The van der Waals surface area contributed by atoms with Crippen molar-refractivity contribution < 1.29 is 14.2 Å². The van der Waals surface area contributed by atoms with E-state index in [2.05, 4.69) is 10.3 Å². The first-order chi connectivity index (χ1) is 9.76. The van der Waals surface area contributed by atoms with Crippen LogP contribution in [0.1, 0.15) is 16.6 Å². The van der Waals surface area contributed by atoms with Gasteiger partial charge in [-0.3, -0.25) is 0 Å².